The Morgan fingerprint density at radius 3 is 2.72 bits per heavy atom. The second kappa shape index (κ2) is 5.52. The zero-order valence-electron chi connectivity index (χ0n) is 14.5. The first-order chi connectivity index (χ1) is 12.0. The molecule has 1 aromatic heterocycles. The molecular formula is C21H19N3O. The third-order valence-electron chi connectivity index (χ3n) is 4.98. The first-order valence-electron chi connectivity index (χ1n) is 8.29. The summed E-state index contributed by atoms with van der Waals surface area (Å²) in [6, 6.07) is 12.1. The van der Waals surface area contributed by atoms with Gasteiger partial charge in [-0.15, -0.1) is 0 Å². The van der Waals surface area contributed by atoms with Crippen molar-refractivity contribution in [3.63, 3.8) is 0 Å². The van der Waals surface area contributed by atoms with Crippen LogP contribution in [0, 0.1) is 0 Å². The molecule has 0 unspecified atom stereocenters. The van der Waals surface area contributed by atoms with Crippen LogP contribution in [0.4, 0.5) is 5.69 Å². The number of aromatic nitrogens is 1. The Labute approximate surface area is 147 Å². The fraction of sp³-hybridized carbons (Fsp3) is 0.190. The molecule has 25 heavy (non-hydrogen) atoms. The molecule has 0 saturated carbocycles. The second-order valence-corrected chi connectivity index (χ2v) is 6.83. The predicted octanol–water partition coefficient (Wildman–Crippen LogP) is 3.74. The average molecular weight is 329 g/mol. The van der Waals surface area contributed by atoms with Crippen molar-refractivity contribution in [3.8, 4) is 0 Å². The number of hydrogen-bond acceptors (Lipinski definition) is 4. The van der Waals surface area contributed by atoms with Crippen LogP contribution >= 0.6 is 0 Å². The highest BCUT2D eigenvalue weighted by Crippen LogP contribution is 2.46. The Hall–Kier alpha value is -3.01. The van der Waals surface area contributed by atoms with E-state index in [1.54, 1.807) is 12.3 Å². The van der Waals surface area contributed by atoms with Crippen molar-refractivity contribution in [2.24, 2.45) is 4.99 Å². The van der Waals surface area contributed by atoms with Crippen molar-refractivity contribution in [1.82, 2.24) is 4.98 Å². The monoisotopic (exact) mass is 329 g/mol. The first-order valence-corrected chi connectivity index (χ1v) is 8.29. The van der Waals surface area contributed by atoms with E-state index in [2.05, 4.69) is 46.9 Å². The minimum absolute atomic E-state index is 0.0895. The molecular weight excluding hydrogens is 310 g/mol. The molecule has 0 amide bonds. The molecule has 0 bridgehead atoms. The first kappa shape index (κ1) is 15.5. The lowest BCUT2D eigenvalue weighted by molar-refractivity contribution is -0.108. The number of rotatable bonds is 1. The van der Waals surface area contributed by atoms with E-state index >= 15 is 0 Å². The van der Waals surface area contributed by atoms with Gasteiger partial charge in [-0.3, -0.25) is 14.8 Å². The number of aliphatic imine (C=N–C) groups is 1. The molecule has 4 nitrogen and oxygen atoms in total. The molecule has 1 aliphatic heterocycles. The summed E-state index contributed by atoms with van der Waals surface area (Å²) in [6.45, 7) is 4.36. The number of para-hydroxylation sites is 1. The maximum Gasteiger partial charge on any atom is 0.204 e. The van der Waals surface area contributed by atoms with E-state index in [1.807, 2.05) is 31.4 Å². The van der Waals surface area contributed by atoms with Gasteiger partial charge < -0.3 is 4.90 Å². The van der Waals surface area contributed by atoms with Gasteiger partial charge in [0.2, 0.25) is 5.78 Å². The van der Waals surface area contributed by atoms with E-state index in [0.29, 0.717) is 5.71 Å². The van der Waals surface area contributed by atoms with E-state index in [9.17, 15) is 4.79 Å². The number of benzene rings is 1. The summed E-state index contributed by atoms with van der Waals surface area (Å²) < 4.78 is 0. The molecule has 0 spiro atoms. The maximum absolute atomic E-state index is 12.3. The van der Waals surface area contributed by atoms with Crippen LogP contribution in [0.3, 0.4) is 0 Å². The number of allylic oxidation sites excluding steroid dienone is 2. The molecule has 2 aromatic rings. The minimum atomic E-state index is -0.166. The van der Waals surface area contributed by atoms with Gasteiger partial charge in [-0.1, -0.05) is 32.0 Å². The lowest BCUT2D eigenvalue weighted by atomic mass is 9.84. The minimum Gasteiger partial charge on any atom is -0.346 e. The van der Waals surface area contributed by atoms with Crippen LogP contribution < -0.4 is 4.90 Å². The summed E-state index contributed by atoms with van der Waals surface area (Å²) in [5, 5.41) is 0. The van der Waals surface area contributed by atoms with Crippen LogP contribution in [-0.2, 0) is 10.2 Å². The third kappa shape index (κ3) is 2.33. The van der Waals surface area contributed by atoms with E-state index in [1.165, 1.54) is 17.3 Å². The Morgan fingerprint density at radius 2 is 1.92 bits per heavy atom. The molecule has 0 saturated heterocycles. The van der Waals surface area contributed by atoms with Crippen LogP contribution in [-0.4, -0.2) is 23.5 Å². The van der Waals surface area contributed by atoms with E-state index in [4.69, 9.17) is 0 Å². The number of ketones is 1. The van der Waals surface area contributed by atoms with Crippen molar-refractivity contribution in [2.45, 2.75) is 19.3 Å². The Kier molecular flexibility index (Phi) is 3.42. The number of anilines is 1. The van der Waals surface area contributed by atoms with Crippen molar-refractivity contribution >= 4 is 23.3 Å². The van der Waals surface area contributed by atoms with Gasteiger partial charge in [0.05, 0.1) is 5.69 Å². The molecule has 0 fully saturated rings. The van der Waals surface area contributed by atoms with Gasteiger partial charge in [-0.25, -0.2) is 0 Å². The Morgan fingerprint density at radius 1 is 1.12 bits per heavy atom. The summed E-state index contributed by atoms with van der Waals surface area (Å²) in [7, 11) is 2.04. The Balaban J connectivity index is 1.81. The molecule has 4 rings (SSSR count). The third-order valence-corrected chi connectivity index (χ3v) is 4.98. The number of fused-ring (bicyclic) bond motifs is 2. The summed E-state index contributed by atoms with van der Waals surface area (Å²) in [4.78, 5) is 23.4. The molecule has 0 atom stereocenters. The quantitative estimate of drug-likeness (QED) is 0.801. The summed E-state index contributed by atoms with van der Waals surface area (Å²) >= 11 is 0. The SMILES string of the molecule is CN1/C(=C/N=C2\C(=O)C=Cc3ncccc32)C(C)(C)c2ccccc21. The molecule has 0 N–H and O–H groups in total. The van der Waals surface area contributed by atoms with Gasteiger partial charge in [-0.05, 0) is 35.9 Å². The van der Waals surface area contributed by atoms with Gasteiger partial charge in [0, 0.05) is 41.8 Å². The summed E-state index contributed by atoms with van der Waals surface area (Å²) in [6.07, 6.45) is 6.82. The molecule has 2 heterocycles. The zero-order chi connectivity index (χ0) is 17.6. The fourth-order valence-corrected chi connectivity index (χ4v) is 3.61. The van der Waals surface area contributed by atoms with Crippen molar-refractivity contribution in [2.75, 3.05) is 11.9 Å². The molecule has 1 aliphatic carbocycles. The normalized spacial score (nSPS) is 20.9. The lowest BCUT2D eigenvalue weighted by Gasteiger charge is -2.23. The fourth-order valence-electron chi connectivity index (χ4n) is 3.61. The smallest absolute Gasteiger partial charge is 0.204 e. The largest absolute Gasteiger partial charge is 0.346 e. The molecule has 2 aliphatic rings. The van der Waals surface area contributed by atoms with Crippen LogP contribution in [0.5, 0.6) is 0 Å². The molecule has 124 valence electrons. The van der Waals surface area contributed by atoms with Crippen LogP contribution in [0.15, 0.2) is 65.6 Å². The van der Waals surface area contributed by atoms with Crippen LogP contribution in [0.2, 0.25) is 0 Å². The molecule has 0 radical (unpaired) electrons. The highest BCUT2D eigenvalue weighted by atomic mass is 16.1. The number of carbonyl (C=O) groups is 1. The number of pyridine rings is 1. The molecule has 1 aromatic carbocycles. The van der Waals surface area contributed by atoms with Crippen LogP contribution in [0.25, 0.3) is 6.08 Å². The van der Waals surface area contributed by atoms with Crippen LogP contribution in [0.1, 0.15) is 30.7 Å². The number of likely N-dealkylation sites (N-methyl/N-ethyl adjacent to an activating group) is 1. The number of nitrogens with zero attached hydrogens (tertiary/aromatic N) is 3. The highest BCUT2D eigenvalue weighted by Gasteiger charge is 2.38. The second-order valence-electron chi connectivity index (χ2n) is 6.83. The predicted molar refractivity (Wildman–Crippen MR) is 101 cm³/mol. The van der Waals surface area contributed by atoms with Crippen molar-refractivity contribution < 1.29 is 4.79 Å². The van der Waals surface area contributed by atoms with Crippen molar-refractivity contribution in [1.29, 1.82) is 0 Å². The van der Waals surface area contributed by atoms with E-state index in [0.717, 1.165) is 17.0 Å². The average Bonchev–Trinajstić information content (AvgIpc) is 2.81. The van der Waals surface area contributed by atoms with Gasteiger partial charge in [0.25, 0.3) is 0 Å². The van der Waals surface area contributed by atoms with Gasteiger partial charge in [0.1, 0.15) is 5.71 Å². The topological polar surface area (TPSA) is 45.6 Å². The van der Waals surface area contributed by atoms with Gasteiger partial charge in [0.15, 0.2) is 0 Å². The maximum atomic E-state index is 12.3. The lowest BCUT2D eigenvalue weighted by Crippen LogP contribution is -2.23. The van der Waals surface area contributed by atoms with Crippen molar-refractivity contribution in [3.05, 3.63) is 77.4 Å². The van der Waals surface area contributed by atoms with Gasteiger partial charge >= 0.3 is 0 Å². The summed E-state index contributed by atoms with van der Waals surface area (Å²) in [5.41, 5.74) is 5.34. The van der Waals surface area contributed by atoms with E-state index in [-0.39, 0.29) is 11.2 Å². The number of hydrogen-bond donors (Lipinski definition) is 0. The summed E-state index contributed by atoms with van der Waals surface area (Å²) in [5.74, 6) is -0.0895. The van der Waals surface area contributed by atoms with E-state index < -0.39 is 0 Å². The highest BCUT2D eigenvalue weighted by molar-refractivity contribution is 6.52. The zero-order valence-corrected chi connectivity index (χ0v) is 14.5. The van der Waals surface area contributed by atoms with Gasteiger partial charge in [-0.2, -0.15) is 0 Å². The number of carbonyl (C=O) groups excluding carboxylic acids is 1. The standard InChI is InChI=1S/C21H19N3O/c1-21(2)15-8-4-5-9-17(15)24(3)19(21)13-23-20-14-7-6-12-22-16(14)10-11-18(20)25/h4-13H,1-3H3/b19-13+,23-20-. The molecule has 4 heteroatoms. The Bertz CT molecular complexity index is 967.